The number of rotatable bonds is 5. The lowest BCUT2D eigenvalue weighted by Crippen LogP contribution is -2.58. The maximum atomic E-state index is 4.44. The lowest BCUT2D eigenvalue weighted by atomic mass is 9.53. The van der Waals surface area contributed by atoms with Crippen LogP contribution >= 0.6 is 0 Å². The first-order valence-corrected chi connectivity index (χ1v) is 8.38. The molecule has 4 aliphatic carbocycles. The predicted molar refractivity (Wildman–Crippen MR) is 78.1 cm³/mol. The Kier molecular flexibility index (Phi) is 3.09. The van der Waals surface area contributed by atoms with E-state index >= 15 is 0 Å². The van der Waals surface area contributed by atoms with Crippen LogP contribution in [0.4, 0.5) is 0 Å². The minimum Gasteiger partial charge on any atom is -0.304 e. The van der Waals surface area contributed by atoms with Crippen molar-refractivity contribution in [1.29, 1.82) is 0 Å². The average molecular weight is 274 g/mol. The maximum absolute atomic E-state index is 4.44. The third-order valence-corrected chi connectivity index (χ3v) is 5.79. The van der Waals surface area contributed by atoms with Crippen molar-refractivity contribution in [2.75, 3.05) is 0 Å². The zero-order chi connectivity index (χ0) is 13.6. The second kappa shape index (κ2) is 4.83. The Morgan fingerprint density at radius 3 is 2.45 bits per heavy atom. The lowest BCUT2D eigenvalue weighted by Gasteiger charge is -2.57. The standard InChI is InChI=1S/C16H26N4/c1-2-3-20-15(17-11-19-20)10-18-16-7-12-4-13(8-16)6-14(5-12)9-16/h11-14,18H,2-10H2,1H3. The maximum Gasteiger partial charge on any atom is 0.140 e. The average Bonchev–Trinajstić information content (AvgIpc) is 2.83. The molecule has 0 saturated heterocycles. The molecule has 4 nitrogen and oxygen atoms in total. The number of aromatic nitrogens is 3. The topological polar surface area (TPSA) is 42.7 Å². The van der Waals surface area contributed by atoms with E-state index in [0.29, 0.717) is 5.54 Å². The SMILES string of the molecule is CCCn1ncnc1CNC12CC3CC(CC(C3)C1)C2. The highest BCUT2D eigenvalue weighted by Crippen LogP contribution is 2.55. The molecule has 1 N–H and O–H groups in total. The van der Waals surface area contributed by atoms with Gasteiger partial charge < -0.3 is 5.32 Å². The molecule has 1 aromatic heterocycles. The smallest absolute Gasteiger partial charge is 0.140 e. The van der Waals surface area contributed by atoms with Gasteiger partial charge in [0.05, 0.1) is 6.54 Å². The molecular formula is C16H26N4. The molecule has 0 radical (unpaired) electrons. The van der Waals surface area contributed by atoms with Crippen molar-refractivity contribution < 1.29 is 0 Å². The summed E-state index contributed by atoms with van der Waals surface area (Å²) in [6, 6.07) is 0. The highest BCUT2D eigenvalue weighted by atomic mass is 15.3. The van der Waals surface area contributed by atoms with Crippen LogP contribution in [0.2, 0.25) is 0 Å². The van der Waals surface area contributed by atoms with Crippen LogP contribution in [0.15, 0.2) is 6.33 Å². The Hall–Kier alpha value is -0.900. The molecular weight excluding hydrogens is 248 g/mol. The van der Waals surface area contributed by atoms with Gasteiger partial charge in [-0.1, -0.05) is 6.92 Å². The summed E-state index contributed by atoms with van der Waals surface area (Å²) < 4.78 is 2.06. The van der Waals surface area contributed by atoms with E-state index < -0.39 is 0 Å². The fraction of sp³-hybridized carbons (Fsp3) is 0.875. The van der Waals surface area contributed by atoms with Crippen LogP contribution < -0.4 is 5.32 Å². The first-order valence-electron chi connectivity index (χ1n) is 8.38. The number of nitrogens with one attached hydrogen (secondary N) is 1. The molecule has 0 unspecified atom stereocenters. The third kappa shape index (κ3) is 2.18. The molecule has 0 amide bonds. The van der Waals surface area contributed by atoms with Gasteiger partial charge in [-0.05, 0) is 62.7 Å². The van der Waals surface area contributed by atoms with Gasteiger partial charge >= 0.3 is 0 Å². The van der Waals surface area contributed by atoms with E-state index in [1.807, 2.05) is 0 Å². The summed E-state index contributed by atoms with van der Waals surface area (Å²) in [4.78, 5) is 4.44. The van der Waals surface area contributed by atoms with Crippen molar-refractivity contribution in [3.8, 4) is 0 Å². The summed E-state index contributed by atoms with van der Waals surface area (Å²) in [6.07, 6.45) is 11.6. The van der Waals surface area contributed by atoms with Crippen molar-refractivity contribution in [3.05, 3.63) is 12.2 Å². The van der Waals surface area contributed by atoms with Gasteiger partial charge in [0.15, 0.2) is 0 Å². The van der Waals surface area contributed by atoms with E-state index in [-0.39, 0.29) is 0 Å². The second-order valence-corrected chi connectivity index (χ2v) is 7.45. The summed E-state index contributed by atoms with van der Waals surface area (Å²) in [5, 5.41) is 8.24. The van der Waals surface area contributed by atoms with Crippen molar-refractivity contribution in [1.82, 2.24) is 20.1 Å². The molecule has 0 aliphatic heterocycles. The van der Waals surface area contributed by atoms with E-state index in [0.717, 1.165) is 43.1 Å². The molecule has 5 rings (SSSR count). The zero-order valence-electron chi connectivity index (χ0n) is 12.5. The van der Waals surface area contributed by atoms with Crippen molar-refractivity contribution in [3.63, 3.8) is 0 Å². The third-order valence-electron chi connectivity index (χ3n) is 5.79. The van der Waals surface area contributed by atoms with Gasteiger partial charge in [0.1, 0.15) is 12.2 Å². The van der Waals surface area contributed by atoms with Crippen molar-refractivity contribution >= 4 is 0 Å². The van der Waals surface area contributed by atoms with Gasteiger partial charge in [-0.3, -0.25) is 0 Å². The van der Waals surface area contributed by atoms with E-state index in [2.05, 4.69) is 27.0 Å². The molecule has 0 atom stereocenters. The summed E-state index contributed by atoms with van der Waals surface area (Å²) in [5.74, 6) is 4.12. The summed E-state index contributed by atoms with van der Waals surface area (Å²) in [6.45, 7) is 4.07. The summed E-state index contributed by atoms with van der Waals surface area (Å²) >= 11 is 0. The largest absolute Gasteiger partial charge is 0.304 e. The molecule has 4 fully saturated rings. The number of aryl methyl sites for hydroxylation is 1. The van der Waals surface area contributed by atoms with Crippen LogP contribution in [0.1, 0.15) is 57.7 Å². The van der Waals surface area contributed by atoms with Gasteiger partial charge in [0.25, 0.3) is 0 Å². The molecule has 4 heteroatoms. The Morgan fingerprint density at radius 1 is 1.20 bits per heavy atom. The predicted octanol–water partition coefficient (Wildman–Crippen LogP) is 2.75. The Morgan fingerprint density at radius 2 is 1.85 bits per heavy atom. The van der Waals surface area contributed by atoms with E-state index in [1.54, 1.807) is 6.33 Å². The van der Waals surface area contributed by atoms with Crippen LogP contribution in [0.5, 0.6) is 0 Å². The molecule has 110 valence electrons. The normalized spacial score (nSPS) is 38.5. The second-order valence-electron chi connectivity index (χ2n) is 7.45. The van der Waals surface area contributed by atoms with Gasteiger partial charge in [0, 0.05) is 12.1 Å². The number of nitrogens with zero attached hydrogens (tertiary/aromatic N) is 3. The molecule has 4 bridgehead atoms. The Bertz CT molecular complexity index is 443. The fourth-order valence-corrected chi connectivity index (χ4v) is 5.42. The van der Waals surface area contributed by atoms with Crippen molar-refractivity contribution in [2.24, 2.45) is 17.8 Å². The van der Waals surface area contributed by atoms with Crippen LogP contribution in [-0.2, 0) is 13.1 Å². The Labute approximate surface area is 121 Å². The number of hydrogen-bond donors (Lipinski definition) is 1. The van der Waals surface area contributed by atoms with Crippen LogP contribution in [0.25, 0.3) is 0 Å². The van der Waals surface area contributed by atoms with Crippen LogP contribution in [0, 0.1) is 17.8 Å². The molecule has 20 heavy (non-hydrogen) atoms. The number of hydrogen-bond acceptors (Lipinski definition) is 3. The highest BCUT2D eigenvalue weighted by Gasteiger charge is 2.50. The minimum absolute atomic E-state index is 0.428. The quantitative estimate of drug-likeness (QED) is 0.898. The lowest BCUT2D eigenvalue weighted by molar-refractivity contribution is -0.0210. The van der Waals surface area contributed by atoms with E-state index in [4.69, 9.17) is 0 Å². The first-order chi connectivity index (χ1) is 9.76. The molecule has 1 heterocycles. The van der Waals surface area contributed by atoms with Gasteiger partial charge in [-0.2, -0.15) is 5.10 Å². The van der Waals surface area contributed by atoms with Crippen LogP contribution in [0.3, 0.4) is 0 Å². The van der Waals surface area contributed by atoms with Gasteiger partial charge in [0.2, 0.25) is 0 Å². The monoisotopic (exact) mass is 274 g/mol. The minimum atomic E-state index is 0.428. The molecule has 1 aromatic rings. The van der Waals surface area contributed by atoms with E-state index in [9.17, 15) is 0 Å². The molecule has 4 saturated carbocycles. The zero-order valence-corrected chi connectivity index (χ0v) is 12.5. The van der Waals surface area contributed by atoms with Crippen LogP contribution in [-0.4, -0.2) is 20.3 Å². The summed E-state index contributed by atoms with van der Waals surface area (Å²) in [5.41, 5.74) is 0.428. The van der Waals surface area contributed by atoms with Gasteiger partial charge in [-0.15, -0.1) is 0 Å². The molecule has 0 spiro atoms. The first kappa shape index (κ1) is 12.8. The van der Waals surface area contributed by atoms with Crippen molar-refractivity contribution in [2.45, 2.75) is 70.5 Å². The highest BCUT2D eigenvalue weighted by molar-refractivity contribution is 5.07. The fourth-order valence-electron chi connectivity index (χ4n) is 5.42. The molecule has 0 aromatic carbocycles. The Balaban J connectivity index is 1.45. The molecule has 4 aliphatic rings. The van der Waals surface area contributed by atoms with E-state index in [1.165, 1.54) is 38.5 Å². The summed E-state index contributed by atoms with van der Waals surface area (Å²) in [7, 11) is 0. The van der Waals surface area contributed by atoms with Gasteiger partial charge in [-0.25, -0.2) is 9.67 Å².